The summed E-state index contributed by atoms with van der Waals surface area (Å²) in [6, 6.07) is 5.64. The Kier molecular flexibility index (Phi) is 4.40. The second kappa shape index (κ2) is 6.24. The molecule has 1 atom stereocenters. The topological polar surface area (TPSA) is 101 Å². The van der Waals surface area contributed by atoms with Crippen LogP contribution in [-0.4, -0.2) is 18.1 Å². The van der Waals surface area contributed by atoms with Crippen LogP contribution in [0.2, 0.25) is 0 Å². The number of hydrogen-bond acceptors (Lipinski definition) is 7. The normalized spacial score (nSPS) is 11.5. The number of nitriles is 1. The highest BCUT2D eigenvalue weighted by molar-refractivity contribution is 7.17. The zero-order valence-corrected chi connectivity index (χ0v) is 12.4. The quantitative estimate of drug-likeness (QED) is 0.842. The number of aromatic nitrogens is 1. The molecule has 1 unspecified atom stereocenters. The predicted octanol–water partition coefficient (Wildman–Crippen LogP) is 2.56. The summed E-state index contributed by atoms with van der Waals surface area (Å²) in [6.45, 7) is 1.93. The first kappa shape index (κ1) is 14.8. The number of pyridine rings is 1. The van der Waals surface area contributed by atoms with Gasteiger partial charge in [-0.3, -0.25) is 4.98 Å². The molecule has 7 heteroatoms. The number of nitrogens with two attached hydrogens (primary N) is 1. The number of hydrogen-bond donors (Lipinski definition) is 2. The van der Waals surface area contributed by atoms with E-state index >= 15 is 0 Å². The summed E-state index contributed by atoms with van der Waals surface area (Å²) >= 11 is 1.13. The second-order valence-electron chi connectivity index (χ2n) is 4.30. The zero-order chi connectivity index (χ0) is 15.4. The number of ether oxygens (including phenoxy) is 1. The summed E-state index contributed by atoms with van der Waals surface area (Å²) in [4.78, 5) is 16.2. The van der Waals surface area contributed by atoms with E-state index in [2.05, 4.69) is 10.3 Å². The third-order valence-electron chi connectivity index (χ3n) is 2.97. The van der Waals surface area contributed by atoms with Crippen LogP contribution >= 0.6 is 11.3 Å². The van der Waals surface area contributed by atoms with Gasteiger partial charge in [0.25, 0.3) is 0 Å². The van der Waals surface area contributed by atoms with Crippen molar-refractivity contribution in [2.45, 2.75) is 13.0 Å². The molecular formula is C14H14N4O2S. The van der Waals surface area contributed by atoms with Gasteiger partial charge in [-0.2, -0.15) is 5.26 Å². The summed E-state index contributed by atoms with van der Waals surface area (Å²) < 4.78 is 4.73. The summed E-state index contributed by atoms with van der Waals surface area (Å²) in [7, 11) is 1.28. The maximum atomic E-state index is 11.8. The van der Waals surface area contributed by atoms with Crippen molar-refractivity contribution in [2.24, 2.45) is 0 Å². The molecule has 0 saturated carbocycles. The number of nitrogens with one attached hydrogen (secondary N) is 1. The molecule has 0 fully saturated rings. The van der Waals surface area contributed by atoms with Crippen LogP contribution in [0.3, 0.4) is 0 Å². The second-order valence-corrected chi connectivity index (χ2v) is 5.33. The minimum Gasteiger partial charge on any atom is -0.465 e. The van der Waals surface area contributed by atoms with Crippen LogP contribution in [0, 0.1) is 11.3 Å². The smallest absolute Gasteiger partial charge is 0.343 e. The van der Waals surface area contributed by atoms with Gasteiger partial charge in [0.1, 0.15) is 21.5 Å². The molecule has 0 bridgehead atoms. The van der Waals surface area contributed by atoms with Crippen molar-refractivity contribution in [3.8, 4) is 6.07 Å². The largest absolute Gasteiger partial charge is 0.465 e. The SMILES string of the molecule is COC(=O)c1c(NC(C)c2cccnc2)sc(C#N)c1N. The molecule has 6 nitrogen and oxygen atoms in total. The Morgan fingerprint density at radius 2 is 2.38 bits per heavy atom. The van der Waals surface area contributed by atoms with Crippen molar-refractivity contribution < 1.29 is 9.53 Å². The molecule has 2 heterocycles. The Hall–Kier alpha value is -2.59. The van der Waals surface area contributed by atoms with Crippen LogP contribution in [0.1, 0.15) is 33.8 Å². The summed E-state index contributed by atoms with van der Waals surface area (Å²) in [5.41, 5.74) is 7.15. The van der Waals surface area contributed by atoms with E-state index in [0.717, 1.165) is 16.9 Å². The Labute approximate surface area is 126 Å². The van der Waals surface area contributed by atoms with Crippen molar-refractivity contribution >= 4 is 28.0 Å². The van der Waals surface area contributed by atoms with Gasteiger partial charge in [-0.1, -0.05) is 6.07 Å². The lowest BCUT2D eigenvalue weighted by molar-refractivity contribution is 0.0603. The zero-order valence-electron chi connectivity index (χ0n) is 11.6. The molecule has 2 rings (SSSR count). The molecule has 0 aliphatic carbocycles. The van der Waals surface area contributed by atoms with Gasteiger partial charge in [0, 0.05) is 12.4 Å². The summed E-state index contributed by atoms with van der Waals surface area (Å²) in [6.07, 6.45) is 3.42. The fourth-order valence-electron chi connectivity index (χ4n) is 1.85. The molecule has 0 amide bonds. The molecule has 0 aliphatic heterocycles. The maximum absolute atomic E-state index is 11.8. The summed E-state index contributed by atoms with van der Waals surface area (Å²) in [5, 5.41) is 12.8. The van der Waals surface area contributed by atoms with Crippen LogP contribution in [0.15, 0.2) is 24.5 Å². The number of nitrogens with zero attached hydrogens (tertiary/aromatic N) is 2. The van der Waals surface area contributed by atoms with Gasteiger partial charge in [-0.25, -0.2) is 4.79 Å². The van der Waals surface area contributed by atoms with Crippen molar-refractivity contribution in [2.75, 3.05) is 18.2 Å². The fourth-order valence-corrected chi connectivity index (χ4v) is 2.84. The van der Waals surface area contributed by atoms with Gasteiger partial charge >= 0.3 is 5.97 Å². The number of carbonyl (C=O) groups is 1. The number of rotatable bonds is 4. The summed E-state index contributed by atoms with van der Waals surface area (Å²) in [5.74, 6) is -0.564. The molecule has 2 aromatic rings. The van der Waals surface area contributed by atoms with E-state index in [1.165, 1.54) is 7.11 Å². The van der Waals surface area contributed by atoms with E-state index in [9.17, 15) is 4.79 Å². The van der Waals surface area contributed by atoms with Crippen LogP contribution in [0.5, 0.6) is 0 Å². The minimum absolute atomic E-state index is 0.0910. The molecule has 0 aliphatic rings. The lowest BCUT2D eigenvalue weighted by Gasteiger charge is -2.14. The van der Waals surface area contributed by atoms with Crippen molar-refractivity contribution in [3.05, 3.63) is 40.5 Å². The molecule has 0 spiro atoms. The van der Waals surface area contributed by atoms with E-state index in [4.69, 9.17) is 15.7 Å². The molecule has 3 N–H and O–H groups in total. The highest BCUT2D eigenvalue weighted by Crippen LogP contribution is 2.37. The minimum atomic E-state index is -0.564. The molecule has 21 heavy (non-hydrogen) atoms. The highest BCUT2D eigenvalue weighted by Gasteiger charge is 2.24. The van der Waals surface area contributed by atoms with Crippen molar-refractivity contribution in [1.82, 2.24) is 4.98 Å². The van der Waals surface area contributed by atoms with Gasteiger partial charge in [0.2, 0.25) is 0 Å². The number of nitrogen functional groups attached to an aromatic ring is 1. The van der Waals surface area contributed by atoms with E-state index in [1.54, 1.807) is 12.4 Å². The third-order valence-corrected chi connectivity index (χ3v) is 4.01. The number of thiophene rings is 1. The van der Waals surface area contributed by atoms with Crippen LogP contribution in [0.4, 0.5) is 10.7 Å². The Balaban J connectivity index is 2.36. The monoisotopic (exact) mass is 302 g/mol. The van der Waals surface area contributed by atoms with Crippen LogP contribution in [0.25, 0.3) is 0 Å². The lowest BCUT2D eigenvalue weighted by atomic mass is 10.1. The third kappa shape index (κ3) is 2.95. The molecule has 0 radical (unpaired) electrons. The average molecular weight is 302 g/mol. The number of carbonyl (C=O) groups excluding carboxylic acids is 1. The average Bonchev–Trinajstić information content (AvgIpc) is 2.83. The van der Waals surface area contributed by atoms with Gasteiger partial charge in [-0.15, -0.1) is 11.3 Å². The maximum Gasteiger partial charge on any atom is 0.343 e. The van der Waals surface area contributed by atoms with Crippen molar-refractivity contribution in [1.29, 1.82) is 5.26 Å². The Morgan fingerprint density at radius 1 is 1.62 bits per heavy atom. The van der Waals surface area contributed by atoms with Crippen molar-refractivity contribution in [3.63, 3.8) is 0 Å². The van der Waals surface area contributed by atoms with E-state index in [0.29, 0.717) is 5.00 Å². The van der Waals surface area contributed by atoms with E-state index in [1.807, 2.05) is 25.1 Å². The molecule has 2 aromatic heterocycles. The Morgan fingerprint density at radius 3 is 2.95 bits per heavy atom. The van der Waals surface area contributed by atoms with Gasteiger partial charge < -0.3 is 15.8 Å². The first-order valence-corrected chi connectivity index (χ1v) is 6.97. The fraction of sp³-hybridized carbons (Fsp3) is 0.214. The van der Waals surface area contributed by atoms with Gasteiger partial charge in [-0.05, 0) is 18.6 Å². The van der Waals surface area contributed by atoms with Crippen LogP contribution < -0.4 is 11.1 Å². The number of methoxy groups -OCH3 is 1. The van der Waals surface area contributed by atoms with Gasteiger partial charge in [0.15, 0.2) is 0 Å². The number of esters is 1. The molecule has 0 aromatic carbocycles. The molecule has 0 saturated heterocycles. The van der Waals surface area contributed by atoms with E-state index < -0.39 is 5.97 Å². The Bertz CT molecular complexity index is 691. The standard InChI is InChI=1S/C14H14N4O2S/c1-8(9-4-3-5-17-7-9)18-13-11(14(19)20-2)12(16)10(6-15)21-13/h3-5,7-8,18H,16H2,1-2H3. The molecular weight excluding hydrogens is 288 g/mol. The number of anilines is 2. The molecule has 108 valence electrons. The van der Waals surface area contributed by atoms with Crippen LogP contribution in [-0.2, 0) is 4.74 Å². The first-order valence-electron chi connectivity index (χ1n) is 6.15. The lowest BCUT2D eigenvalue weighted by Crippen LogP contribution is -2.11. The van der Waals surface area contributed by atoms with Gasteiger partial charge in [0.05, 0.1) is 18.8 Å². The highest BCUT2D eigenvalue weighted by atomic mass is 32.1. The van der Waals surface area contributed by atoms with E-state index in [-0.39, 0.29) is 22.2 Å². The predicted molar refractivity (Wildman–Crippen MR) is 81.1 cm³/mol. The first-order chi connectivity index (χ1) is 10.1.